The molecule has 1 saturated carbocycles. The average molecular weight is 406 g/mol. The molecule has 8 heteroatoms. The first-order valence-corrected chi connectivity index (χ1v) is 9.70. The standard InChI is InChI=1S/C22H22N4O4/c1-22(2,3)13-6-4-12(5-7-13)15-11-16(15)20(27)25-24-19-17-10-14(26(29)30)8-9-18(17)23-21(19)28/h4-10,15-16,23,28H,11H2,1-3H3/t15-,16-/m0/s1. The summed E-state index contributed by atoms with van der Waals surface area (Å²) in [4.78, 5) is 25.6. The van der Waals surface area contributed by atoms with Crippen LogP contribution in [0.3, 0.4) is 0 Å². The fourth-order valence-corrected chi connectivity index (χ4v) is 3.61. The van der Waals surface area contributed by atoms with E-state index in [0.29, 0.717) is 17.3 Å². The Morgan fingerprint density at radius 2 is 1.90 bits per heavy atom. The molecule has 2 aromatic carbocycles. The monoisotopic (exact) mass is 406 g/mol. The summed E-state index contributed by atoms with van der Waals surface area (Å²) >= 11 is 0. The van der Waals surface area contributed by atoms with E-state index in [0.717, 1.165) is 5.56 Å². The highest BCUT2D eigenvalue weighted by Gasteiger charge is 2.44. The Labute approximate surface area is 172 Å². The Balaban J connectivity index is 1.50. The Hall–Kier alpha value is -3.55. The van der Waals surface area contributed by atoms with Crippen molar-refractivity contribution in [2.45, 2.75) is 38.5 Å². The number of rotatable bonds is 4. The molecule has 154 valence electrons. The van der Waals surface area contributed by atoms with Crippen LogP contribution >= 0.6 is 0 Å². The van der Waals surface area contributed by atoms with Crippen molar-refractivity contribution in [2.75, 3.05) is 0 Å². The highest BCUT2D eigenvalue weighted by Crippen LogP contribution is 2.49. The molecule has 2 N–H and O–H groups in total. The lowest BCUT2D eigenvalue weighted by Crippen LogP contribution is -2.10. The number of aromatic amines is 1. The average Bonchev–Trinajstić information content (AvgIpc) is 3.43. The maximum absolute atomic E-state index is 12.5. The first-order chi connectivity index (χ1) is 14.1. The summed E-state index contributed by atoms with van der Waals surface area (Å²) in [7, 11) is 0. The van der Waals surface area contributed by atoms with Crippen LogP contribution < -0.4 is 0 Å². The molecule has 0 aliphatic heterocycles. The number of benzene rings is 2. The number of azo groups is 1. The van der Waals surface area contributed by atoms with Crippen molar-refractivity contribution in [1.82, 2.24) is 4.98 Å². The van der Waals surface area contributed by atoms with Crippen LogP contribution in [0.5, 0.6) is 5.88 Å². The molecule has 1 aliphatic rings. The number of H-pyrrole nitrogens is 1. The molecule has 0 saturated heterocycles. The molecule has 4 rings (SSSR count). The lowest BCUT2D eigenvalue weighted by atomic mass is 9.86. The van der Waals surface area contributed by atoms with Crippen molar-refractivity contribution in [3.8, 4) is 5.88 Å². The van der Waals surface area contributed by atoms with Crippen LogP contribution in [-0.4, -0.2) is 20.9 Å². The van der Waals surface area contributed by atoms with Gasteiger partial charge in [-0.25, -0.2) is 0 Å². The van der Waals surface area contributed by atoms with Crippen molar-refractivity contribution in [3.63, 3.8) is 0 Å². The fraction of sp³-hybridized carbons (Fsp3) is 0.318. The maximum atomic E-state index is 12.5. The molecule has 0 unspecified atom stereocenters. The third-order valence-corrected chi connectivity index (χ3v) is 5.51. The van der Waals surface area contributed by atoms with Gasteiger partial charge in [-0.3, -0.25) is 14.9 Å². The van der Waals surface area contributed by atoms with Gasteiger partial charge < -0.3 is 10.1 Å². The number of carbonyl (C=O) groups excluding carboxylic acids is 1. The molecule has 1 amide bonds. The summed E-state index contributed by atoms with van der Waals surface area (Å²) in [5, 5.41) is 29.1. The number of aromatic hydroxyl groups is 1. The maximum Gasteiger partial charge on any atom is 0.270 e. The lowest BCUT2D eigenvalue weighted by molar-refractivity contribution is -0.384. The van der Waals surface area contributed by atoms with Crippen molar-refractivity contribution in [1.29, 1.82) is 0 Å². The number of aromatic nitrogens is 1. The molecule has 0 spiro atoms. The Kier molecular flexibility index (Phi) is 4.64. The summed E-state index contributed by atoms with van der Waals surface area (Å²) in [5.41, 5.74) is 2.77. The van der Waals surface area contributed by atoms with Gasteiger partial charge in [-0.1, -0.05) is 45.0 Å². The summed E-state index contributed by atoms with van der Waals surface area (Å²) < 4.78 is 0. The van der Waals surface area contributed by atoms with Gasteiger partial charge in [0.2, 0.25) is 5.88 Å². The van der Waals surface area contributed by atoms with Crippen LogP contribution in [0.25, 0.3) is 10.9 Å². The van der Waals surface area contributed by atoms with Gasteiger partial charge in [-0.2, -0.15) is 0 Å². The molecular formula is C22H22N4O4. The van der Waals surface area contributed by atoms with Crippen molar-refractivity contribution in [2.24, 2.45) is 16.1 Å². The first kappa shape index (κ1) is 19.8. The summed E-state index contributed by atoms with van der Waals surface area (Å²) in [6.45, 7) is 6.46. The molecule has 1 aliphatic carbocycles. The van der Waals surface area contributed by atoms with E-state index in [2.05, 4.69) is 60.2 Å². The number of nitrogens with zero attached hydrogens (tertiary/aromatic N) is 3. The second-order valence-electron chi connectivity index (χ2n) is 8.67. The van der Waals surface area contributed by atoms with Gasteiger partial charge in [0.1, 0.15) is 0 Å². The van der Waals surface area contributed by atoms with Gasteiger partial charge in [-0.05, 0) is 34.9 Å². The number of non-ortho nitro benzene ring substituents is 1. The van der Waals surface area contributed by atoms with E-state index < -0.39 is 4.92 Å². The van der Waals surface area contributed by atoms with Crippen LogP contribution in [0.4, 0.5) is 11.4 Å². The molecule has 1 aromatic heterocycles. The summed E-state index contributed by atoms with van der Waals surface area (Å²) in [6.07, 6.45) is 0.706. The minimum absolute atomic E-state index is 0.0220. The van der Waals surface area contributed by atoms with Gasteiger partial charge in [0.05, 0.1) is 10.4 Å². The smallest absolute Gasteiger partial charge is 0.270 e. The number of fused-ring (bicyclic) bond motifs is 1. The number of amides is 1. The molecule has 0 bridgehead atoms. The van der Waals surface area contributed by atoms with Gasteiger partial charge in [0.25, 0.3) is 11.6 Å². The fourth-order valence-electron chi connectivity index (χ4n) is 3.61. The summed E-state index contributed by atoms with van der Waals surface area (Å²) in [6, 6.07) is 12.4. The van der Waals surface area contributed by atoms with E-state index in [4.69, 9.17) is 0 Å². The van der Waals surface area contributed by atoms with Gasteiger partial charge >= 0.3 is 0 Å². The normalized spacial score (nSPS) is 18.8. The molecule has 3 aromatic rings. The largest absolute Gasteiger partial charge is 0.493 e. The number of nitro benzene ring substituents is 1. The van der Waals surface area contributed by atoms with Crippen LogP contribution in [0, 0.1) is 16.0 Å². The highest BCUT2D eigenvalue weighted by atomic mass is 16.6. The van der Waals surface area contributed by atoms with Crippen LogP contribution in [0.1, 0.15) is 44.2 Å². The predicted molar refractivity (Wildman–Crippen MR) is 112 cm³/mol. The Bertz CT molecular complexity index is 1170. The highest BCUT2D eigenvalue weighted by molar-refractivity contribution is 5.96. The lowest BCUT2D eigenvalue weighted by Gasteiger charge is -2.19. The van der Waals surface area contributed by atoms with Gasteiger partial charge in [0, 0.05) is 23.4 Å². The Morgan fingerprint density at radius 3 is 2.53 bits per heavy atom. The zero-order valence-electron chi connectivity index (χ0n) is 16.9. The van der Waals surface area contributed by atoms with E-state index in [9.17, 15) is 20.0 Å². The molecule has 2 atom stereocenters. The van der Waals surface area contributed by atoms with Crippen LogP contribution in [0.15, 0.2) is 52.7 Å². The van der Waals surface area contributed by atoms with Crippen molar-refractivity contribution >= 4 is 28.2 Å². The van der Waals surface area contributed by atoms with Gasteiger partial charge in [0.15, 0.2) is 5.69 Å². The third kappa shape index (κ3) is 3.68. The topological polar surface area (TPSA) is 121 Å². The van der Waals surface area contributed by atoms with Gasteiger partial charge in [-0.15, -0.1) is 10.2 Å². The van der Waals surface area contributed by atoms with Crippen LogP contribution in [0.2, 0.25) is 0 Å². The number of nitrogens with one attached hydrogen (secondary N) is 1. The van der Waals surface area contributed by atoms with E-state index in [1.54, 1.807) is 0 Å². The molecule has 1 fully saturated rings. The minimum Gasteiger partial charge on any atom is -0.493 e. The van der Waals surface area contributed by atoms with E-state index in [1.807, 2.05) is 0 Å². The number of hydrogen-bond acceptors (Lipinski definition) is 5. The Morgan fingerprint density at radius 1 is 1.20 bits per heavy atom. The van der Waals surface area contributed by atoms with Crippen LogP contribution in [-0.2, 0) is 10.2 Å². The van der Waals surface area contributed by atoms with Crippen molar-refractivity contribution in [3.05, 3.63) is 63.7 Å². The van der Waals surface area contributed by atoms with E-state index in [-0.39, 0.29) is 40.4 Å². The number of hydrogen-bond donors (Lipinski definition) is 2. The van der Waals surface area contributed by atoms with Crippen molar-refractivity contribution < 1.29 is 14.8 Å². The van der Waals surface area contributed by atoms with E-state index in [1.165, 1.54) is 23.8 Å². The minimum atomic E-state index is -0.532. The second-order valence-corrected chi connectivity index (χ2v) is 8.67. The molecule has 30 heavy (non-hydrogen) atoms. The zero-order chi connectivity index (χ0) is 21.6. The second kappa shape index (κ2) is 7.05. The zero-order valence-corrected chi connectivity index (χ0v) is 16.9. The summed E-state index contributed by atoms with van der Waals surface area (Å²) in [5.74, 6) is -0.773. The predicted octanol–water partition coefficient (Wildman–Crippen LogP) is 5.49. The molecule has 8 nitrogen and oxygen atoms in total. The van der Waals surface area contributed by atoms with E-state index >= 15 is 0 Å². The number of nitro groups is 1. The molecule has 1 heterocycles. The molecule has 0 radical (unpaired) electrons. The third-order valence-electron chi connectivity index (χ3n) is 5.51. The quantitative estimate of drug-likeness (QED) is 0.338. The SMILES string of the molecule is CC(C)(C)c1ccc([C@@H]2C[C@@H]2C(=O)N=Nc2c(O)[nH]c3ccc([N+](=O)[O-])cc23)cc1. The molecular weight excluding hydrogens is 384 g/mol. The first-order valence-electron chi connectivity index (χ1n) is 9.70. The number of carbonyl (C=O) groups is 1.